The van der Waals surface area contributed by atoms with E-state index < -0.39 is 0 Å². The lowest BCUT2D eigenvalue weighted by Gasteiger charge is -2.34. The van der Waals surface area contributed by atoms with Gasteiger partial charge in [-0.3, -0.25) is 9.59 Å². The molecule has 1 heterocycles. The summed E-state index contributed by atoms with van der Waals surface area (Å²) in [4.78, 5) is 27.5. The first-order valence-electron chi connectivity index (χ1n) is 9.39. The number of nitriles is 1. The van der Waals surface area contributed by atoms with Crippen molar-refractivity contribution in [1.29, 1.82) is 5.26 Å². The lowest BCUT2D eigenvalue weighted by molar-refractivity contribution is -0.135. The maximum atomic E-state index is 12.5. The Labute approximate surface area is 179 Å². The van der Waals surface area contributed by atoms with Crippen LogP contribution in [0, 0.1) is 11.3 Å². The molecule has 3 rings (SSSR count). The zero-order chi connectivity index (χ0) is 21.7. The molecule has 30 heavy (non-hydrogen) atoms. The highest BCUT2D eigenvalue weighted by Gasteiger charge is 2.23. The van der Waals surface area contributed by atoms with E-state index in [4.69, 9.17) is 16.9 Å². The molecule has 1 aliphatic heterocycles. The van der Waals surface area contributed by atoms with Crippen molar-refractivity contribution in [2.45, 2.75) is 0 Å². The standard InChI is InChI=1S/C22H21ClN4O3/c1-2-21(29)26-6-8-27(9-7-26)22(30)14-25-19-11-17(18(23)12-20(19)28)16-5-3-4-15(10-16)13-24/h2-5,10-12,25,28H,1,6-9,14H2. The van der Waals surface area contributed by atoms with Crippen molar-refractivity contribution in [3.8, 4) is 22.9 Å². The van der Waals surface area contributed by atoms with Gasteiger partial charge in [-0.1, -0.05) is 30.3 Å². The van der Waals surface area contributed by atoms with E-state index in [0.717, 1.165) is 5.56 Å². The Morgan fingerprint density at radius 3 is 2.57 bits per heavy atom. The first-order valence-corrected chi connectivity index (χ1v) is 9.76. The number of nitrogens with one attached hydrogen (secondary N) is 1. The Kier molecular flexibility index (Phi) is 6.60. The molecule has 1 fully saturated rings. The molecule has 8 heteroatoms. The van der Waals surface area contributed by atoms with E-state index in [0.29, 0.717) is 48.0 Å². The number of anilines is 1. The fourth-order valence-corrected chi connectivity index (χ4v) is 3.54. The average Bonchev–Trinajstić information content (AvgIpc) is 2.77. The zero-order valence-corrected chi connectivity index (χ0v) is 17.0. The molecule has 2 N–H and O–H groups in total. The van der Waals surface area contributed by atoms with Crippen molar-refractivity contribution in [3.05, 3.63) is 59.6 Å². The molecule has 7 nitrogen and oxygen atoms in total. The average molecular weight is 425 g/mol. The number of phenols is 1. The summed E-state index contributed by atoms with van der Waals surface area (Å²) in [6.07, 6.45) is 1.27. The number of carbonyl (C=O) groups excluding carboxylic acids is 2. The Morgan fingerprint density at radius 1 is 1.20 bits per heavy atom. The van der Waals surface area contributed by atoms with Crippen molar-refractivity contribution in [3.63, 3.8) is 0 Å². The van der Waals surface area contributed by atoms with Gasteiger partial charge < -0.3 is 20.2 Å². The SMILES string of the molecule is C=CC(=O)N1CCN(C(=O)CNc2cc(-c3cccc(C#N)c3)c(Cl)cc2O)CC1. The summed E-state index contributed by atoms with van der Waals surface area (Å²) >= 11 is 6.28. The van der Waals surface area contributed by atoms with Crippen LogP contribution in [0.1, 0.15) is 5.56 Å². The summed E-state index contributed by atoms with van der Waals surface area (Å²) in [5.74, 6) is -0.350. The van der Waals surface area contributed by atoms with Gasteiger partial charge in [-0.05, 0) is 29.8 Å². The number of aromatic hydroxyl groups is 1. The number of hydrogen-bond acceptors (Lipinski definition) is 5. The van der Waals surface area contributed by atoms with Crippen molar-refractivity contribution < 1.29 is 14.7 Å². The zero-order valence-electron chi connectivity index (χ0n) is 16.3. The summed E-state index contributed by atoms with van der Waals surface area (Å²) < 4.78 is 0. The number of amides is 2. The van der Waals surface area contributed by atoms with Crippen LogP contribution >= 0.6 is 11.6 Å². The van der Waals surface area contributed by atoms with Crippen LogP contribution in [0.15, 0.2) is 49.1 Å². The first-order chi connectivity index (χ1) is 14.4. The highest BCUT2D eigenvalue weighted by atomic mass is 35.5. The predicted octanol–water partition coefficient (Wildman–Crippen LogP) is 2.85. The molecule has 1 saturated heterocycles. The van der Waals surface area contributed by atoms with Crippen LogP contribution in [0.25, 0.3) is 11.1 Å². The second-order valence-corrected chi connectivity index (χ2v) is 7.21. The molecule has 0 radical (unpaired) electrons. The fourth-order valence-electron chi connectivity index (χ4n) is 3.27. The molecule has 0 unspecified atom stereocenters. The number of carbonyl (C=O) groups is 2. The van der Waals surface area contributed by atoms with E-state index in [2.05, 4.69) is 18.0 Å². The number of phenolic OH excluding ortho intramolecular Hbond substituents is 1. The van der Waals surface area contributed by atoms with E-state index in [1.165, 1.54) is 12.1 Å². The van der Waals surface area contributed by atoms with Crippen LogP contribution in [-0.2, 0) is 9.59 Å². The maximum absolute atomic E-state index is 12.5. The first kappa shape index (κ1) is 21.2. The van der Waals surface area contributed by atoms with Crippen LogP contribution in [0.4, 0.5) is 5.69 Å². The van der Waals surface area contributed by atoms with E-state index in [1.54, 1.807) is 34.1 Å². The largest absolute Gasteiger partial charge is 0.506 e. The van der Waals surface area contributed by atoms with Gasteiger partial charge in [0.05, 0.1) is 28.9 Å². The van der Waals surface area contributed by atoms with Gasteiger partial charge in [-0.15, -0.1) is 0 Å². The highest BCUT2D eigenvalue weighted by Crippen LogP contribution is 2.36. The third-order valence-electron chi connectivity index (χ3n) is 4.94. The summed E-state index contributed by atoms with van der Waals surface area (Å²) in [7, 11) is 0. The molecule has 0 spiro atoms. The van der Waals surface area contributed by atoms with Crippen LogP contribution in [0.2, 0.25) is 5.02 Å². The number of rotatable bonds is 5. The Morgan fingerprint density at radius 2 is 1.90 bits per heavy atom. The van der Waals surface area contributed by atoms with E-state index in [-0.39, 0.29) is 24.1 Å². The van der Waals surface area contributed by atoms with Gasteiger partial charge >= 0.3 is 0 Å². The lowest BCUT2D eigenvalue weighted by Crippen LogP contribution is -2.51. The fraction of sp³-hybridized carbons (Fsp3) is 0.227. The lowest BCUT2D eigenvalue weighted by atomic mass is 10.0. The summed E-state index contributed by atoms with van der Waals surface area (Å²) in [6.45, 7) is 5.27. The molecule has 2 aromatic carbocycles. The van der Waals surface area contributed by atoms with Gasteiger partial charge in [0.25, 0.3) is 0 Å². The number of hydrogen-bond donors (Lipinski definition) is 2. The van der Waals surface area contributed by atoms with Gasteiger partial charge in [-0.25, -0.2) is 0 Å². The van der Waals surface area contributed by atoms with Crippen LogP contribution in [-0.4, -0.2) is 59.4 Å². The van der Waals surface area contributed by atoms with E-state index >= 15 is 0 Å². The monoisotopic (exact) mass is 424 g/mol. The Bertz CT molecular complexity index is 1020. The van der Waals surface area contributed by atoms with E-state index in [1.807, 2.05) is 6.07 Å². The molecule has 0 saturated carbocycles. The van der Waals surface area contributed by atoms with Gasteiger partial charge in [0.1, 0.15) is 5.75 Å². The molecule has 0 aliphatic carbocycles. The topological polar surface area (TPSA) is 96.7 Å². The minimum atomic E-state index is -0.140. The molecule has 154 valence electrons. The minimum Gasteiger partial charge on any atom is -0.506 e. The van der Waals surface area contributed by atoms with Crippen molar-refractivity contribution in [2.75, 3.05) is 38.0 Å². The Hall–Kier alpha value is -3.50. The molecular formula is C22H21ClN4O3. The molecule has 2 amide bonds. The number of nitrogens with zero attached hydrogens (tertiary/aromatic N) is 3. The van der Waals surface area contributed by atoms with Crippen LogP contribution < -0.4 is 5.32 Å². The molecule has 2 aromatic rings. The molecule has 0 atom stereocenters. The quantitative estimate of drug-likeness (QED) is 0.568. The molecule has 0 bridgehead atoms. The van der Waals surface area contributed by atoms with Crippen molar-refractivity contribution in [2.24, 2.45) is 0 Å². The van der Waals surface area contributed by atoms with Gasteiger partial charge in [-0.2, -0.15) is 5.26 Å². The van der Waals surface area contributed by atoms with Crippen molar-refractivity contribution in [1.82, 2.24) is 9.80 Å². The number of halogens is 1. The van der Waals surface area contributed by atoms with Gasteiger partial charge in [0.2, 0.25) is 11.8 Å². The number of benzene rings is 2. The third-order valence-corrected chi connectivity index (χ3v) is 5.25. The number of piperazine rings is 1. The predicted molar refractivity (Wildman–Crippen MR) is 115 cm³/mol. The summed E-state index contributed by atoms with van der Waals surface area (Å²) in [5, 5.41) is 22.6. The molecule has 0 aromatic heterocycles. The summed E-state index contributed by atoms with van der Waals surface area (Å²) in [5.41, 5.74) is 2.23. The van der Waals surface area contributed by atoms with E-state index in [9.17, 15) is 14.7 Å². The maximum Gasteiger partial charge on any atom is 0.246 e. The summed E-state index contributed by atoms with van der Waals surface area (Å²) in [6, 6.07) is 12.1. The second-order valence-electron chi connectivity index (χ2n) is 6.81. The smallest absolute Gasteiger partial charge is 0.246 e. The second kappa shape index (κ2) is 9.33. The van der Waals surface area contributed by atoms with Gasteiger partial charge in [0.15, 0.2) is 0 Å². The highest BCUT2D eigenvalue weighted by molar-refractivity contribution is 6.33. The van der Waals surface area contributed by atoms with Crippen molar-refractivity contribution >= 4 is 29.1 Å². The third kappa shape index (κ3) is 4.73. The minimum absolute atomic E-state index is 0.0116. The van der Waals surface area contributed by atoms with Gasteiger partial charge in [0, 0.05) is 37.8 Å². The Balaban J connectivity index is 1.68. The van der Waals surface area contributed by atoms with Crippen LogP contribution in [0.5, 0.6) is 5.75 Å². The molecular weight excluding hydrogens is 404 g/mol. The molecule has 1 aliphatic rings. The van der Waals surface area contributed by atoms with Crippen LogP contribution in [0.3, 0.4) is 0 Å². The normalized spacial score (nSPS) is 13.5.